The van der Waals surface area contributed by atoms with Gasteiger partial charge in [0.15, 0.2) is 0 Å². The fourth-order valence-corrected chi connectivity index (χ4v) is 3.74. The van der Waals surface area contributed by atoms with E-state index < -0.39 is 0 Å². The summed E-state index contributed by atoms with van der Waals surface area (Å²) in [6.07, 6.45) is 7.47. The van der Waals surface area contributed by atoms with Crippen molar-refractivity contribution in [3.05, 3.63) is 78.5 Å². The Morgan fingerprint density at radius 3 is 2.75 bits per heavy atom. The Balaban J connectivity index is 1.86. The molecule has 5 rings (SSSR count). The van der Waals surface area contributed by atoms with Crippen molar-refractivity contribution in [2.75, 3.05) is 0 Å². The molecule has 0 amide bonds. The summed E-state index contributed by atoms with van der Waals surface area (Å²) >= 11 is 6.47. The zero-order valence-electron chi connectivity index (χ0n) is 15.1. The number of pyridine rings is 2. The maximum absolute atomic E-state index is 6.47. The molecule has 1 N–H and O–H groups in total. The average Bonchev–Trinajstić information content (AvgIpc) is 3.36. The van der Waals surface area contributed by atoms with Gasteiger partial charge < -0.3 is 0 Å². The zero-order valence-corrected chi connectivity index (χ0v) is 15.9. The maximum Gasteiger partial charge on any atom is 0.147 e. The van der Waals surface area contributed by atoms with Gasteiger partial charge in [0.05, 0.1) is 28.1 Å². The highest BCUT2D eigenvalue weighted by Gasteiger charge is 2.18. The highest BCUT2D eigenvalue weighted by molar-refractivity contribution is 6.33. The Morgan fingerprint density at radius 1 is 1.14 bits per heavy atom. The third-order valence-electron chi connectivity index (χ3n) is 4.82. The molecule has 136 valence electrons. The molecular weight excluding hydrogens is 370 g/mol. The number of fused-ring (bicyclic) bond motifs is 3. The Morgan fingerprint density at radius 2 is 2.00 bits per heavy atom. The molecule has 0 saturated carbocycles. The normalized spacial score (nSPS) is 11.4. The first kappa shape index (κ1) is 16.7. The third-order valence-corrected chi connectivity index (χ3v) is 5.15. The van der Waals surface area contributed by atoms with Gasteiger partial charge in [0.1, 0.15) is 5.65 Å². The second kappa shape index (κ2) is 6.32. The SMILES string of the molecule is C=C(C)c1c(-c2ccccc2Cl)nc2c3cc(-c4cn[nH]c4)cnc3ccn12. The van der Waals surface area contributed by atoms with Crippen LogP contribution >= 0.6 is 11.6 Å². The van der Waals surface area contributed by atoms with E-state index in [-0.39, 0.29) is 0 Å². The van der Waals surface area contributed by atoms with Crippen molar-refractivity contribution in [3.63, 3.8) is 0 Å². The lowest BCUT2D eigenvalue weighted by atomic mass is 10.1. The molecule has 6 heteroatoms. The topological polar surface area (TPSA) is 58.9 Å². The largest absolute Gasteiger partial charge is 0.299 e. The summed E-state index contributed by atoms with van der Waals surface area (Å²) in [6.45, 7) is 6.15. The van der Waals surface area contributed by atoms with Gasteiger partial charge >= 0.3 is 0 Å². The van der Waals surface area contributed by atoms with E-state index >= 15 is 0 Å². The number of nitrogens with one attached hydrogen (secondary N) is 1. The van der Waals surface area contributed by atoms with E-state index in [0.717, 1.165) is 50.2 Å². The van der Waals surface area contributed by atoms with Crippen LogP contribution in [0.4, 0.5) is 0 Å². The smallest absolute Gasteiger partial charge is 0.147 e. The number of nitrogens with zero attached hydrogens (tertiary/aromatic N) is 4. The van der Waals surface area contributed by atoms with Gasteiger partial charge in [-0.05, 0) is 30.7 Å². The monoisotopic (exact) mass is 385 g/mol. The van der Waals surface area contributed by atoms with Crippen molar-refractivity contribution in [2.45, 2.75) is 6.92 Å². The Kier molecular flexibility index (Phi) is 3.77. The molecule has 5 nitrogen and oxygen atoms in total. The second-order valence-corrected chi connectivity index (χ2v) is 7.13. The Hall–Kier alpha value is -3.44. The lowest BCUT2D eigenvalue weighted by Gasteiger charge is -2.07. The van der Waals surface area contributed by atoms with Crippen molar-refractivity contribution in [1.82, 2.24) is 24.6 Å². The van der Waals surface area contributed by atoms with Crippen LogP contribution in [0.5, 0.6) is 0 Å². The molecular formula is C22H16ClN5. The van der Waals surface area contributed by atoms with E-state index in [1.54, 1.807) is 6.20 Å². The molecule has 4 aromatic heterocycles. The lowest BCUT2D eigenvalue weighted by Crippen LogP contribution is -1.93. The van der Waals surface area contributed by atoms with E-state index in [1.807, 2.05) is 55.8 Å². The van der Waals surface area contributed by atoms with Crippen LogP contribution in [-0.2, 0) is 0 Å². The molecule has 0 saturated heterocycles. The van der Waals surface area contributed by atoms with E-state index in [9.17, 15) is 0 Å². The highest BCUT2D eigenvalue weighted by Crippen LogP contribution is 2.35. The van der Waals surface area contributed by atoms with E-state index in [4.69, 9.17) is 16.6 Å². The number of aromatic nitrogens is 5. The van der Waals surface area contributed by atoms with Crippen LogP contribution in [0.2, 0.25) is 5.02 Å². The summed E-state index contributed by atoms with van der Waals surface area (Å²) in [4.78, 5) is 9.59. The van der Waals surface area contributed by atoms with Crippen molar-refractivity contribution < 1.29 is 0 Å². The Labute approximate surface area is 166 Å². The summed E-state index contributed by atoms with van der Waals surface area (Å²) in [5, 5.41) is 8.50. The highest BCUT2D eigenvalue weighted by atomic mass is 35.5. The quantitative estimate of drug-likeness (QED) is 0.438. The van der Waals surface area contributed by atoms with Crippen LogP contribution < -0.4 is 0 Å². The molecule has 0 spiro atoms. The van der Waals surface area contributed by atoms with Crippen LogP contribution in [0, 0.1) is 0 Å². The van der Waals surface area contributed by atoms with Gasteiger partial charge in [-0.15, -0.1) is 0 Å². The summed E-state index contributed by atoms with van der Waals surface area (Å²) < 4.78 is 2.06. The van der Waals surface area contributed by atoms with Crippen molar-refractivity contribution in [2.24, 2.45) is 0 Å². The molecule has 5 aromatic rings. The predicted octanol–water partition coefficient (Wildman–Crippen LogP) is 5.63. The molecule has 0 atom stereocenters. The van der Waals surface area contributed by atoms with Gasteiger partial charge in [-0.2, -0.15) is 5.10 Å². The van der Waals surface area contributed by atoms with E-state index in [2.05, 4.69) is 32.2 Å². The molecule has 0 unspecified atom stereocenters. The third kappa shape index (κ3) is 2.52. The maximum atomic E-state index is 6.47. The van der Waals surface area contributed by atoms with Crippen molar-refractivity contribution in [3.8, 4) is 22.4 Å². The summed E-state index contributed by atoms with van der Waals surface area (Å²) in [5.74, 6) is 0. The van der Waals surface area contributed by atoms with Gasteiger partial charge in [0, 0.05) is 40.7 Å². The van der Waals surface area contributed by atoms with Crippen LogP contribution in [0.1, 0.15) is 12.6 Å². The minimum Gasteiger partial charge on any atom is -0.299 e. The van der Waals surface area contributed by atoms with Gasteiger partial charge in [-0.1, -0.05) is 36.4 Å². The molecule has 28 heavy (non-hydrogen) atoms. The average molecular weight is 386 g/mol. The van der Waals surface area contributed by atoms with Crippen LogP contribution in [0.15, 0.2) is 67.8 Å². The molecule has 0 bridgehead atoms. The first-order valence-electron chi connectivity index (χ1n) is 8.84. The molecule has 0 aliphatic heterocycles. The van der Waals surface area contributed by atoms with Crippen molar-refractivity contribution in [1.29, 1.82) is 0 Å². The summed E-state index contributed by atoms with van der Waals surface area (Å²) in [7, 11) is 0. The fourth-order valence-electron chi connectivity index (χ4n) is 3.52. The van der Waals surface area contributed by atoms with Gasteiger partial charge in [-0.25, -0.2) is 4.98 Å². The number of aromatic amines is 1. The number of imidazole rings is 1. The fraction of sp³-hybridized carbons (Fsp3) is 0.0455. The first-order chi connectivity index (χ1) is 13.6. The number of benzene rings is 1. The number of H-pyrrole nitrogens is 1. The van der Waals surface area contributed by atoms with E-state index in [1.165, 1.54) is 0 Å². The number of hydrogen-bond acceptors (Lipinski definition) is 3. The minimum atomic E-state index is 0.662. The number of hydrogen-bond donors (Lipinski definition) is 1. The van der Waals surface area contributed by atoms with Crippen molar-refractivity contribution >= 4 is 33.7 Å². The van der Waals surface area contributed by atoms with Crippen LogP contribution in [-0.4, -0.2) is 24.6 Å². The minimum absolute atomic E-state index is 0.662. The summed E-state index contributed by atoms with van der Waals surface area (Å²) in [5.41, 5.74) is 7.23. The van der Waals surface area contributed by atoms with Gasteiger partial charge in [0.25, 0.3) is 0 Å². The molecule has 0 radical (unpaired) electrons. The standard InChI is InChI=1S/C22H16ClN5/c1-13(2)21-20(16-5-3-4-6-18(16)23)27-22-17-9-14(15-11-25-26-12-15)10-24-19(17)7-8-28(21)22/h3-12H,1H2,2H3,(H,25,26). The number of allylic oxidation sites excluding steroid dienone is 1. The first-order valence-corrected chi connectivity index (χ1v) is 9.22. The number of rotatable bonds is 3. The predicted molar refractivity (Wildman–Crippen MR) is 113 cm³/mol. The van der Waals surface area contributed by atoms with E-state index in [0.29, 0.717) is 5.02 Å². The van der Waals surface area contributed by atoms with Gasteiger partial charge in [0.2, 0.25) is 0 Å². The number of halogens is 1. The molecule has 0 aliphatic carbocycles. The van der Waals surface area contributed by atoms with Crippen LogP contribution in [0.3, 0.4) is 0 Å². The molecule has 4 heterocycles. The zero-order chi connectivity index (χ0) is 19.3. The second-order valence-electron chi connectivity index (χ2n) is 6.72. The summed E-state index contributed by atoms with van der Waals surface area (Å²) in [6, 6.07) is 11.8. The van der Waals surface area contributed by atoms with Gasteiger partial charge in [-0.3, -0.25) is 14.5 Å². The molecule has 0 aliphatic rings. The lowest BCUT2D eigenvalue weighted by molar-refractivity contribution is 1.09. The molecule has 1 aromatic carbocycles. The van der Waals surface area contributed by atoms with Crippen LogP contribution in [0.25, 0.3) is 44.5 Å². The molecule has 0 fully saturated rings. The Bertz CT molecular complexity index is 1350.